The van der Waals surface area contributed by atoms with E-state index in [1.807, 2.05) is 76.5 Å². The SMILES string of the molecule is CC.CC.CNC(C)c1ccccc1.O=C(Nc1nccs1)C1(c2ccccc2)CC1. The van der Waals surface area contributed by atoms with Gasteiger partial charge in [-0.25, -0.2) is 4.98 Å². The van der Waals surface area contributed by atoms with Gasteiger partial charge in [-0.2, -0.15) is 0 Å². The first kappa shape index (κ1) is 26.5. The highest BCUT2D eigenvalue weighted by Gasteiger charge is 2.51. The van der Waals surface area contributed by atoms with Crippen LogP contribution < -0.4 is 10.6 Å². The average molecular weight is 440 g/mol. The van der Waals surface area contributed by atoms with E-state index in [1.165, 1.54) is 16.9 Å². The van der Waals surface area contributed by atoms with Crippen LogP contribution in [0.2, 0.25) is 0 Å². The lowest BCUT2D eigenvalue weighted by molar-refractivity contribution is -0.118. The van der Waals surface area contributed by atoms with Gasteiger partial charge in [0.15, 0.2) is 5.13 Å². The van der Waals surface area contributed by atoms with Gasteiger partial charge in [-0.15, -0.1) is 11.3 Å². The lowest BCUT2D eigenvalue weighted by atomic mass is 9.95. The lowest BCUT2D eigenvalue weighted by Gasteiger charge is -2.14. The van der Waals surface area contributed by atoms with Crippen molar-refractivity contribution in [2.45, 2.75) is 58.9 Å². The summed E-state index contributed by atoms with van der Waals surface area (Å²) in [4.78, 5) is 16.3. The molecular weight excluding hydrogens is 402 g/mol. The van der Waals surface area contributed by atoms with Gasteiger partial charge in [-0.05, 0) is 37.9 Å². The van der Waals surface area contributed by atoms with Gasteiger partial charge in [0.2, 0.25) is 5.91 Å². The first-order chi connectivity index (χ1) is 15.2. The molecule has 1 unspecified atom stereocenters. The second-order valence-corrected chi connectivity index (χ2v) is 7.56. The van der Waals surface area contributed by atoms with Crippen LogP contribution in [0.5, 0.6) is 0 Å². The quantitative estimate of drug-likeness (QED) is 0.458. The molecule has 1 amide bonds. The minimum atomic E-state index is -0.313. The van der Waals surface area contributed by atoms with E-state index in [0.29, 0.717) is 11.2 Å². The summed E-state index contributed by atoms with van der Waals surface area (Å²) in [5.74, 6) is 0.0682. The van der Waals surface area contributed by atoms with Crippen molar-refractivity contribution in [2.24, 2.45) is 0 Å². The number of carbonyl (C=O) groups excluding carboxylic acids is 1. The van der Waals surface area contributed by atoms with Crippen LogP contribution in [0.3, 0.4) is 0 Å². The second kappa shape index (κ2) is 14.5. The van der Waals surface area contributed by atoms with Gasteiger partial charge in [-0.3, -0.25) is 4.79 Å². The molecule has 0 saturated heterocycles. The molecule has 4 nitrogen and oxygen atoms in total. The summed E-state index contributed by atoms with van der Waals surface area (Å²) in [6.07, 6.45) is 3.55. The number of rotatable bonds is 5. The van der Waals surface area contributed by atoms with E-state index in [4.69, 9.17) is 0 Å². The van der Waals surface area contributed by atoms with Crippen LogP contribution in [0.1, 0.15) is 64.6 Å². The molecule has 0 spiro atoms. The molecule has 1 saturated carbocycles. The van der Waals surface area contributed by atoms with Crippen molar-refractivity contribution in [3.8, 4) is 0 Å². The van der Waals surface area contributed by atoms with E-state index in [2.05, 4.69) is 46.8 Å². The number of thiazole rings is 1. The molecule has 2 aromatic carbocycles. The molecule has 1 aliphatic rings. The van der Waals surface area contributed by atoms with Gasteiger partial charge in [0.05, 0.1) is 5.41 Å². The van der Waals surface area contributed by atoms with E-state index >= 15 is 0 Å². The average Bonchev–Trinajstić information content (AvgIpc) is 3.53. The fourth-order valence-electron chi connectivity index (χ4n) is 2.94. The van der Waals surface area contributed by atoms with Crippen molar-refractivity contribution in [1.29, 1.82) is 0 Å². The third-order valence-electron chi connectivity index (χ3n) is 4.90. The number of aromatic nitrogens is 1. The van der Waals surface area contributed by atoms with Crippen LogP contribution in [0.15, 0.2) is 72.2 Å². The Morgan fingerprint density at radius 3 is 1.97 bits per heavy atom. The third-order valence-corrected chi connectivity index (χ3v) is 5.58. The molecule has 2 N–H and O–H groups in total. The Kier molecular flexibility index (Phi) is 12.4. The van der Waals surface area contributed by atoms with Crippen LogP contribution >= 0.6 is 11.3 Å². The molecule has 168 valence electrons. The molecule has 0 radical (unpaired) electrons. The van der Waals surface area contributed by atoms with E-state index in [0.717, 1.165) is 18.4 Å². The van der Waals surface area contributed by atoms with Crippen molar-refractivity contribution < 1.29 is 4.79 Å². The summed E-state index contributed by atoms with van der Waals surface area (Å²) in [7, 11) is 1.97. The predicted octanol–water partition coefficient (Wildman–Crippen LogP) is 6.83. The number of amides is 1. The smallest absolute Gasteiger partial charge is 0.236 e. The number of carbonyl (C=O) groups is 1. The van der Waals surface area contributed by atoms with E-state index < -0.39 is 0 Å². The van der Waals surface area contributed by atoms with Crippen LogP contribution in [0.4, 0.5) is 5.13 Å². The minimum absolute atomic E-state index is 0.0682. The molecule has 3 aromatic rings. The second-order valence-electron chi connectivity index (χ2n) is 6.66. The maximum atomic E-state index is 12.3. The van der Waals surface area contributed by atoms with Gasteiger partial charge in [0, 0.05) is 17.6 Å². The van der Waals surface area contributed by atoms with Crippen LogP contribution in [-0.4, -0.2) is 17.9 Å². The molecule has 1 aromatic heterocycles. The molecule has 1 heterocycles. The largest absolute Gasteiger partial charge is 0.313 e. The van der Waals surface area contributed by atoms with Crippen molar-refractivity contribution in [2.75, 3.05) is 12.4 Å². The zero-order valence-corrected chi connectivity index (χ0v) is 20.5. The highest BCUT2D eigenvalue weighted by atomic mass is 32.1. The number of benzene rings is 2. The molecule has 0 bridgehead atoms. The van der Waals surface area contributed by atoms with Crippen molar-refractivity contribution >= 4 is 22.4 Å². The summed E-state index contributed by atoms with van der Waals surface area (Å²) < 4.78 is 0. The topological polar surface area (TPSA) is 54.0 Å². The maximum Gasteiger partial charge on any atom is 0.236 e. The molecule has 1 atom stereocenters. The molecule has 31 heavy (non-hydrogen) atoms. The Morgan fingerprint density at radius 2 is 1.52 bits per heavy atom. The summed E-state index contributed by atoms with van der Waals surface area (Å²) in [5, 5.41) is 8.61. The Labute approximate surface area is 192 Å². The highest BCUT2D eigenvalue weighted by Crippen LogP contribution is 2.48. The summed E-state index contributed by atoms with van der Waals surface area (Å²) >= 11 is 1.45. The minimum Gasteiger partial charge on any atom is -0.313 e. The highest BCUT2D eigenvalue weighted by molar-refractivity contribution is 7.13. The normalized spacial score (nSPS) is 13.6. The molecule has 5 heteroatoms. The van der Waals surface area contributed by atoms with Crippen molar-refractivity contribution in [3.05, 3.63) is 83.4 Å². The van der Waals surface area contributed by atoms with E-state index in [-0.39, 0.29) is 11.3 Å². The fourth-order valence-corrected chi connectivity index (χ4v) is 3.46. The van der Waals surface area contributed by atoms with Gasteiger partial charge >= 0.3 is 0 Å². The zero-order valence-electron chi connectivity index (χ0n) is 19.7. The first-order valence-corrected chi connectivity index (χ1v) is 12.0. The maximum absolute atomic E-state index is 12.3. The summed E-state index contributed by atoms with van der Waals surface area (Å²) in [6.45, 7) is 10.1. The fraction of sp³-hybridized carbons (Fsp3) is 0.385. The molecule has 0 aliphatic heterocycles. The number of hydrogen-bond acceptors (Lipinski definition) is 4. The van der Waals surface area contributed by atoms with Crippen molar-refractivity contribution in [3.63, 3.8) is 0 Å². The summed E-state index contributed by atoms with van der Waals surface area (Å²) in [6, 6.07) is 20.8. The van der Waals surface area contributed by atoms with Gasteiger partial charge in [0.1, 0.15) is 0 Å². The standard InChI is InChI=1S/C13H12N2OS.C9H13N.2C2H6/c16-11(15-12-14-8-9-17-12)13(6-7-13)10-4-2-1-3-5-10;1-8(10-2)9-6-4-3-5-7-9;2*1-2/h1-5,8-9H,6-7H2,(H,14,15,16);3-8,10H,1-2H3;2*1-2H3. The van der Waals surface area contributed by atoms with Crippen molar-refractivity contribution in [1.82, 2.24) is 10.3 Å². The Hall–Kier alpha value is -2.50. The number of nitrogens with one attached hydrogen (secondary N) is 2. The zero-order chi connectivity index (χ0) is 23.1. The molecule has 4 rings (SSSR count). The summed E-state index contributed by atoms with van der Waals surface area (Å²) in [5.41, 5.74) is 2.13. The number of nitrogens with zero attached hydrogens (tertiary/aromatic N) is 1. The third kappa shape index (κ3) is 7.93. The monoisotopic (exact) mass is 439 g/mol. The predicted molar refractivity (Wildman–Crippen MR) is 135 cm³/mol. The number of anilines is 1. The Balaban J connectivity index is 0.000000295. The number of hydrogen-bond donors (Lipinski definition) is 2. The van der Waals surface area contributed by atoms with Gasteiger partial charge < -0.3 is 10.6 Å². The van der Waals surface area contributed by atoms with Crippen LogP contribution in [0, 0.1) is 0 Å². The molecule has 1 fully saturated rings. The van der Waals surface area contributed by atoms with Gasteiger partial charge in [0.25, 0.3) is 0 Å². The first-order valence-electron chi connectivity index (χ1n) is 11.1. The van der Waals surface area contributed by atoms with E-state index in [1.54, 1.807) is 6.20 Å². The molecular formula is C26H37N3OS. The Morgan fingerprint density at radius 1 is 0.968 bits per heavy atom. The van der Waals surface area contributed by atoms with Crippen LogP contribution in [0.25, 0.3) is 0 Å². The lowest BCUT2D eigenvalue weighted by Crippen LogP contribution is -2.27. The van der Waals surface area contributed by atoms with E-state index in [9.17, 15) is 4.79 Å². The molecule has 1 aliphatic carbocycles. The Bertz CT molecular complexity index is 832. The van der Waals surface area contributed by atoms with Crippen LogP contribution in [-0.2, 0) is 10.2 Å². The van der Waals surface area contributed by atoms with Gasteiger partial charge in [-0.1, -0.05) is 88.4 Å².